The van der Waals surface area contributed by atoms with Gasteiger partial charge in [0.05, 0.1) is 13.1 Å². The lowest BCUT2D eigenvalue weighted by atomic mass is 10.1. The van der Waals surface area contributed by atoms with E-state index in [2.05, 4.69) is 43.1 Å². The van der Waals surface area contributed by atoms with E-state index < -0.39 is 0 Å². The first-order valence-electron chi connectivity index (χ1n) is 8.21. The van der Waals surface area contributed by atoms with Crippen LogP contribution in [-0.2, 0) is 13.1 Å². The monoisotopic (exact) mass is 278 g/mol. The molecule has 0 spiro atoms. The van der Waals surface area contributed by atoms with E-state index in [9.17, 15) is 0 Å². The van der Waals surface area contributed by atoms with Crippen LogP contribution in [-0.4, -0.2) is 24.0 Å². The van der Waals surface area contributed by atoms with Crippen molar-refractivity contribution in [2.75, 3.05) is 13.1 Å². The van der Waals surface area contributed by atoms with Gasteiger partial charge in [-0.1, -0.05) is 33.6 Å². The van der Waals surface area contributed by atoms with E-state index in [1.165, 1.54) is 32.2 Å². The summed E-state index contributed by atoms with van der Waals surface area (Å²) in [5.74, 6) is 2.88. The van der Waals surface area contributed by atoms with Crippen molar-refractivity contribution in [3.63, 3.8) is 0 Å². The summed E-state index contributed by atoms with van der Waals surface area (Å²) < 4.78 is 5.95. The molecule has 0 radical (unpaired) electrons. The van der Waals surface area contributed by atoms with Crippen LogP contribution >= 0.6 is 0 Å². The maximum atomic E-state index is 5.95. The highest BCUT2D eigenvalue weighted by Crippen LogP contribution is 2.26. The molecule has 0 amide bonds. The fourth-order valence-corrected chi connectivity index (χ4v) is 3.13. The molecule has 1 aliphatic carbocycles. The highest BCUT2D eigenvalue weighted by atomic mass is 16.3. The molecular weight excluding hydrogens is 248 g/mol. The van der Waals surface area contributed by atoms with E-state index in [0.717, 1.165) is 37.2 Å². The van der Waals surface area contributed by atoms with Crippen molar-refractivity contribution in [2.45, 2.75) is 65.6 Å². The zero-order chi connectivity index (χ0) is 14.4. The van der Waals surface area contributed by atoms with Crippen molar-refractivity contribution in [1.82, 2.24) is 10.2 Å². The van der Waals surface area contributed by atoms with Crippen LogP contribution in [0.5, 0.6) is 0 Å². The Balaban J connectivity index is 1.93. The van der Waals surface area contributed by atoms with Gasteiger partial charge in [0.2, 0.25) is 0 Å². The average molecular weight is 278 g/mol. The number of hydrogen-bond donors (Lipinski definition) is 1. The maximum Gasteiger partial charge on any atom is 0.118 e. The lowest BCUT2D eigenvalue weighted by Crippen LogP contribution is -2.35. The Morgan fingerprint density at radius 2 is 1.95 bits per heavy atom. The largest absolute Gasteiger partial charge is 0.463 e. The predicted molar refractivity (Wildman–Crippen MR) is 83.6 cm³/mol. The van der Waals surface area contributed by atoms with E-state index in [4.69, 9.17) is 4.42 Å². The van der Waals surface area contributed by atoms with Crippen molar-refractivity contribution in [2.24, 2.45) is 5.92 Å². The van der Waals surface area contributed by atoms with E-state index in [1.54, 1.807) is 0 Å². The van der Waals surface area contributed by atoms with Gasteiger partial charge in [-0.25, -0.2) is 0 Å². The second kappa shape index (κ2) is 7.84. The quantitative estimate of drug-likeness (QED) is 0.784. The molecule has 3 nitrogen and oxygen atoms in total. The van der Waals surface area contributed by atoms with Crippen molar-refractivity contribution in [3.8, 4) is 0 Å². The number of rotatable bonds is 8. The molecule has 20 heavy (non-hydrogen) atoms. The van der Waals surface area contributed by atoms with Gasteiger partial charge in [-0.2, -0.15) is 0 Å². The number of furan rings is 1. The zero-order valence-corrected chi connectivity index (χ0v) is 13.3. The van der Waals surface area contributed by atoms with Gasteiger partial charge in [0.25, 0.3) is 0 Å². The molecule has 1 aromatic rings. The second-order valence-corrected chi connectivity index (χ2v) is 6.41. The van der Waals surface area contributed by atoms with Crippen LogP contribution in [0.3, 0.4) is 0 Å². The van der Waals surface area contributed by atoms with Crippen LogP contribution in [0, 0.1) is 5.92 Å². The zero-order valence-electron chi connectivity index (χ0n) is 13.3. The molecule has 3 heteroatoms. The van der Waals surface area contributed by atoms with Crippen molar-refractivity contribution >= 4 is 0 Å². The normalized spacial score (nSPS) is 16.6. The van der Waals surface area contributed by atoms with Gasteiger partial charge < -0.3 is 9.73 Å². The molecule has 1 aliphatic rings. The molecule has 0 aromatic carbocycles. The molecule has 0 saturated heterocycles. The Morgan fingerprint density at radius 3 is 2.60 bits per heavy atom. The summed E-state index contributed by atoms with van der Waals surface area (Å²) in [6.07, 6.45) is 5.50. The average Bonchev–Trinajstić information content (AvgIpc) is 3.06. The van der Waals surface area contributed by atoms with Gasteiger partial charge in [0, 0.05) is 12.6 Å². The van der Waals surface area contributed by atoms with Gasteiger partial charge in [0.1, 0.15) is 11.5 Å². The molecule has 1 heterocycles. The lowest BCUT2D eigenvalue weighted by Gasteiger charge is -2.29. The van der Waals surface area contributed by atoms with E-state index in [-0.39, 0.29) is 0 Å². The molecule has 1 N–H and O–H groups in total. The third-order valence-electron chi connectivity index (χ3n) is 4.07. The molecule has 0 unspecified atom stereocenters. The Bertz CT molecular complexity index is 380. The smallest absolute Gasteiger partial charge is 0.118 e. The third kappa shape index (κ3) is 4.64. The van der Waals surface area contributed by atoms with Crippen LogP contribution < -0.4 is 5.32 Å². The van der Waals surface area contributed by atoms with Crippen LogP contribution in [0.1, 0.15) is 58.0 Å². The highest BCUT2D eigenvalue weighted by Gasteiger charge is 2.24. The molecule has 0 bridgehead atoms. The van der Waals surface area contributed by atoms with E-state index >= 15 is 0 Å². The highest BCUT2D eigenvalue weighted by molar-refractivity contribution is 5.07. The summed E-state index contributed by atoms with van der Waals surface area (Å²) in [6.45, 7) is 10.7. The number of nitrogens with one attached hydrogen (secondary N) is 1. The van der Waals surface area contributed by atoms with Crippen molar-refractivity contribution in [3.05, 3.63) is 23.7 Å². The third-order valence-corrected chi connectivity index (χ3v) is 4.07. The van der Waals surface area contributed by atoms with Crippen LogP contribution in [0.2, 0.25) is 0 Å². The summed E-state index contributed by atoms with van der Waals surface area (Å²) in [7, 11) is 0. The minimum absolute atomic E-state index is 0.715. The second-order valence-electron chi connectivity index (χ2n) is 6.41. The topological polar surface area (TPSA) is 28.4 Å². The van der Waals surface area contributed by atoms with Gasteiger partial charge in [-0.05, 0) is 37.4 Å². The summed E-state index contributed by atoms with van der Waals surface area (Å²) >= 11 is 0. The van der Waals surface area contributed by atoms with Gasteiger partial charge in [-0.15, -0.1) is 0 Å². The van der Waals surface area contributed by atoms with Crippen LogP contribution in [0.25, 0.3) is 0 Å². The molecular formula is C17H30N2O. The molecule has 0 aliphatic heterocycles. The number of nitrogens with zero attached hydrogens (tertiary/aromatic N) is 1. The predicted octanol–water partition coefficient (Wildman–Crippen LogP) is 3.79. The standard InChI is InChI=1S/C17H30N2O/c1-4-18-11-16-9-10-17(20-16)13-19(12-14(2)3)15-7-5-6-8-15/h9-10,14-15,18H,4-8,11-13H2,1-3H3. The molecule has 114 valence electrons. The van der Waals surface area contributed by atoms with Crippen LogP contribution in [0.15, 0.2) is 16.5 Å². The number of hydrogen-bond acceptors (Lipinski definition) is 3. The van der Waals surface area contributed by atoms with Crippen LogP contribution in [0.4, 0.5) is 0 Å². The molecule has 1 fully saturated rings. The van der Waals surface area contributed by atoms with E-state index in [1.807, 2.05) is 0 Å². The Kier molecular flexibility index (Phi) is 6.11. The maximum absolute atomic E-state index is 5.95. The summed E-state index contributed by atoms with van der Waals surface area (Å²) in [4.78, 5) is 2.63. The fourth-order valence-electron chi connectivity index (χ4n) is 3.13. The Hall–Kier alpha value is -0.800. The van der Waals surface area contributed by atoms with Crippen molar-refractivity contribution in [1.29, 1.82) is 0 Å². The summed E-state index contributed by atoms with van der Waals surface area (Å²) in [6, 6.07) is 5.02. The van der Waals surface area contributed by atoms with Gasteiger partial charge in [-0.3, -0.25) is 4.90 Å². The van der Waals surface area contributed by atoms with Crippen molar-refractivity contribution < 1.29 is 4.42 Å². The first-order valence-corrected chi connectivity index (χ1v) is 8.21. The minimum Gasteiger partial charge on any atom is -0.463 e. The summed E-state index contributed by atoms with van der Waals surface area (Å²) in [5.41, 5.74) is 0. The molecule has 1 saturated carbocycles. The first-order chi connectivity index (χ1) is 9.69. The first kappa shape index (κ1) is 15.6. The lowest BCUT2D eigenvalue weighted by molar-refractivity contribution is 0.155. The fraction of sp³-hybridized carbons (Fsp3) is 0.765. The summed E-state index contributed by atoms with van der Waals surface area (Å²) in [5, 5.41) is 3.31. The minimum atomic E-state index is 0.715. The van der Waals surface area contributed by atoms with Gasteiger partial charge in [0.15, 0.2) is 0 Å². The SMILES string of the molecule is CCNCc1ccc(CN(CC(C)C)C2CCCC2)o1. The Morgan fingerprint density at radius 1 is 1.25 bits per heavy atom. The molecule has 1 aromatic heterocycles. The van der Waals surface area contributed by atoms with Gasteiger partial charge >= 0.3 is 0 Å². The Labute approximate surface area is 123 Å². The molecule has 0 atom stereocenters. The van der Waals surface area contributed by atoms with E-state index in [0.29, 0.717) is 5.92 Å². The molecule has 2 rings (SSSR count).